The van der Waals surface area contributed by atoms with E-state index in [4.69, 9.17) is 18.9 Å². The lowest BCUT2D eigenvalue weighted by atomic mass is 10.1. The highest BCUT2D eigenvalue weighted by atomic mass is 16.5. The number of rotatable bonds is 9. The van der Waals surface area contributed by atoms with E-state index in [-0.39, 0.29) is 12.4 Å². The summed E-state index contributed by atoms with van der Waals surface area (Å²) in [5.41, 5.74) is 1.75. The monoisotopic (exact) mass is 406 g/mol. The Morgan fingerprint density at radius 1 is 0.767 bits per heavy atom. The van der Waals surface area contributed by atoms with Crippen LogP contribution in [0.4, 0.5) is 0 Å². The molecule has 30 heavy (non-hydrogen) atoms. The van der Waals surface area contributed by atoms with Gasteiger partial charge in [0.1, 0.15) is 12.4 Å². The van der Waals surface area contributed by atoms with Crippen molar-refractivity contribution in [3.05, 3.63) is 89.5 Å². The summed E-state index contributed by atoms with van der Waals surface area (Å²) in [6.07, 6.45) is 0. The van der Waals surface area contributed by atoms with Gasteiger partial charge in [-0.3, -0.25) is 4.79 Å². The number of esters is 1. The van der Waals surface area contributed by atoms with Crippen LogP contribution in [-0.2, 0) is 11.3 Å². The van der Waals surface area contributed by atoms with Crippen LogP contribution >= 0.6 is 0 Å². The molecule has 3 aromatic rings. The van der Waals surface area contributed by atoms with Gasteiger partial charge in [-0.25, -0.2) is 4.79 Å². The minimum absolute atomic E-state index is 0.335. The van der Waals surface area contributed by atoms with Crippen molar-refractivity contribution in [2.45, 2.75) is 6.61 Å². The third-order valence-electron chi connectivity index (χ3n) is 4.38. The third-order valence-corrected chi connectivity index (χ3v) is 4.38. The zero-order valence-electron chi connectivity index (χ0n) is 16.8. The van der Waals surface area contributed by atoms with Crippen LogP contribution in [0, 0.1) is 0 Å². The van der Waals surface area contributed by atoms with Gasteiger partial charge in [0, 0.05) is 5.56 Å². The summed E-state index contributed by atoms with van der Waals surface area (Å²) in [5, 5.41) is 0. The second-order valence-corrected chi connectivity index (χ2v) is 6.37. The molecule has 3 rings (SSSR count). The molecule has 0 aliphatic carbocycles. The zero-order chi connectivity index (χ0) is 21.3. The minimum atomic E-state index is -0.585. The molecule has 0 fully saturated rings. The fourth-order valence-corrected chi connectivity index (χ4v) is 2.74. The first-order valence-corrected chi connectivity index (χ1v) is 9.30. The molecule has 6 heteroatoms. The Bertz CT molecular complexity index is 996. The van der Waals surface area contributed by atoms with E-state index in [0.717, 1.165) is 5.56 Å². The van der Waals surface area contributed by atoms with Gasteiger partial charge in [-0.05, 0) is 48.0 Å². The Morgan fingerprint density at radius 3 is 2.10 bits per heavy atom. The lowest BCUT2D eigenvalue weighted by molar-refractivity contribution is 0.0474. The third kappa shape index (κ3) is 5.38. The fraction of sp³-hybridized carbons (Fsp3) is 0.167. The number of ether oxygens (including phenoxy) is 4. The Labute approximate surface area is 175 Å². The molecular formula is C24H22O6. The molecule has 0 atom stereocenters. The van der Waals surface area contributed by atoms with Gasteiger partial charge in [0.25, 0.3) is 0 Å². The molecule has 0 heterocycles. The van der Waals surface area contributed by atoms with Gasteiger partial charge in [-0.2, -0.15) is 0 Å². The van der Waals surface area contributed by atoms with E-state index in [0.29, 0.717) is 35.0 Å². The van der Waals surface area contributed by atoms with E-state index in [1.165, 1.54) is 14.2 Å². The van der Waals surface area contributed by atoms with Crippen molar-refractivity contribution in [1.29, 1.82) is 0 Å². The second-order valence-electron chi connectivity index (χ2n) is 6.37. The van der Waals surface area contributed by atoms with Crippen molar-refractivity contribution in [2.75, 3.05) is 20.8 Å². The van der Waals surface area contributed by atoms with Gasteiger partial charge >= 0.3 is 5.97 Å². The molecule has 0 aromatic heterocycles. The van der Waals surface area contributed by atoms with Gasteiger partial charge in [-0.1, -0.05) is 30.3 Å². The standard InChI is InChI=1S/C24H22O6/c1-27-22-13-10-19(14-23(22)28-2)21(25)16-30-24(26)18-8-11-20(12-9-18)29-15-17-6-4-3-5-7-17/h3-14H,15-16H2,1-2H3. The lowest BCUT2D eigenvalue weighted by Crippen LogP contribution is -2.14. The van der Waals surface area contributed by atoms with Crippen LogP contribution in [0.15, 0.2) is 72.8 Å². The number of methoxy groups -OCH3 is 2. The van der Waals surface area contributed by atoms with E-state index in [9.17, 15) is 9.59 Å². The average Bonchev–Trinajstić information content (AvgIpc) is 2.81. The van der Waals surface area contributed by atoms with Crippen molar-refractivity contribution in [3.8, 4) is 17.2 Å². The summed E-state index contributed by atoms with van der Waals surface area (Å²) in [6, 6.07) is 21.1. The summed E-state index contributed by atoms with van der Waals surface area (Å²) in [5.74, 6) is 0.656. The molecule has 0 saturated heterocycles. The SMILES string of the molecule is COc1ccc(C(=O)COC(=O)c2ccc(OCc3ccccc3)cc2)cc1OC. The lowest BCUT2D eigenvalue weighted by Gasteiger charge is -2.10. The molecule has 0 radical (unpaired) electrons. The maximum atomic E-state index is 12.3. The summed E-state index contributed by atoms with van der Waals surface area (Å²) >= 11 is 0. The highest BCUT2D eigenvalue weighted by Crippen LogP contribution is 2.27. The normalized spacial score (nSPS) is 10.2. The van der Waals surface area contributed by atoms with Gasteiger partial charge < -0.3 is 18.9 Å². The average molecular weight is 406 g/mol. The van der Waals surface area contributed by atoms with Crippen LogP contribution in [0.3, 0.4) is 0 Å². The van der Waals surface area contributed by atoms with Crippen molar-refractivity contribution >= 4 is 11.8 Å². The number of carbonyl (C=O) groups is 2. The van der Waals surface area contributed by atoms with Gasteiger partial charge in [0.2, 0.25) is 0 Å². The molecule has 0 spiro atoms. The molecule has 0 aliphatic rings. The van der Waals surface area contributed by atoms with Crippen LogP contribution in [0.2, 0.25) is 0 Å². The molecule has 0 bridgehead atoms. The van der Waals surface area contributed by atoms with Crippen molar-refractivity contribution in [2.24, 2.45) is 0 Å². The van der Waals surface area contributed by atoms with Crippen LogP contribution in [-0.4, -0.2) is 32.6 Å². The van der Waals surface area contributed by atoms with Crippen LogP contribution in [0.1, 0.15) is 26.3 Å². The van der Waals surface area contributed by atoms with Crippen molar-refractivity contribution in [3.63, 3.8) is 0 Å². The molecule has 0 amide bonds. The number of carbonyl (C=O) groups excluding carboxylic acids is 2. The van der Waals surface area contributed by atoms with E-state index >= 15 is 0 Å². The molecule has 6 nitrogen and oxygen atoms in total. The molecule has 154 valence electrons. The molecule has 3 aromatic carbocycles. The second kappa shape index (κ2) is 10.1. The van der Waals surface area contributed by atoms with Crippen molar-refractivity contribution in [1.82, 2.24) is 0 Å². The summed E-state index contributed by atoms with van der Waals surface area (Å²) < 4.78 is 21.2. The first kappa shape index (κ1) is 20.9. The summed E-state index contributed by atoms with van der Waals surface area (Å²) in [4.78, 5) is 24.6. The Kier molecular flexibility index (Phi) is 7.05. The number of hydrogen-bond acceptors (Lipinski definition) is 6. The molecule has 0 aliphatic heterocycles. The summed E-state index contributed by atoms with van der Waals surface area (Å²) in [6.45, 7) is 0.0605. The number of benzene rings is 3. The predicted octanol–water partition coefficient (Wildman–Crippen LogP) is 4.32. The van der Waals surface area contributed by atoms with Gasteiger partial charge in [0.15, 0.2) is 23.9 Å². The fourth-order valence-electron chi connectivity index (χ4n) is 2.74. The molecule has 0 unspecified atom stereocenters. The number of Topliss-reactive ketones (excluding diaryl/α,β-unsaturated/α-hetero) is 1. The quantitative estimate of drug-likeness (QED) is 0.389. The highest BCUT2D eigenvalue weighted by molar-refractivity contribution is 5.99. The summed E-state index contributed by atoms with van der Waals surface area (Å²) in [7, 11) is 3.00. The van der Waals surface area contributed by atoms with E-state index in [1.807, 2.05) is 30.3 Å². The molecular weight excluding hydrogens is 384 g/mol. The first-order valence-electron chi connectivity index (χ1n) is 9.30. The highest BCUT2D eigenvalue weighted by Gasteiger charge is 2.14. The number of ketones is 1. The predicted molar refractivity (Wildman–Crippen MR) is 111 cm³/mol. The Hall–Kier alpha value is -3.80. The smallest absolute Gasteiger partial charge is 0.338 e. The maximum Gasteiger partial charge on any atom is 0.338 e. The van der Waals surface area contributed by atoms with Crippen LogP contribution in [0.5, 0.6) is 17.2 Å². The number of hydrogen-bond donors (Lipinski definition) is 0. The Balaban J connectivity index is 1.53. The van der Waals surface area contributed by atoms with Gasteiger partial charge in [-0.15, -0.1) is 0 Å². The topological polar surface area (TPSA) is 71.1 Å². The zero-order valence-corrected chi connectivity index (χ0v) is 16.8. The largest absolute Gasteiger partial charge is 0.493 e. The van der Waals surface area contributed by atoms with Crippen LogP contribution < -0.4 is 14.2 Å². The van der Waals surface area contributed by atoms with E-state index in [2.05, 4.69) is 0 Å². The first-order chi connectivity index (χ1) is 14.6. The van der Waals surface area contributed by atoms with Crippen LogP contribution in [0.25, 0.3) is 0 Å². The maximum absolute atomic E-state index is 12.3. The molecule has 0 saturated carbocycles. The minimum Gasteiger partial charge on any atom is -0.493 e. The van der Waals surface area contributed by atoms with Gasteiger partial charge in [0.05, 0.1) is 19.8 Å². The molecule has 0 N–H and O–H groups in total. The van der Waals surface area contributed by atoms with E-state index in [1.54, 1.807) is 42.5 Å². The Morgan fingerprint density at radius 2 is 1.43 bits per heavy atom. The van der Waals surface area contributed by atoms with Crippen molar-refractivity contribution < 1.29 is 28.5 Å². The van der Waals surface area contributed by atoms with E-state index < -0.39 is 5.97 Å².